The van der Waals surface area contributed by atoms with Gasteiger partial charge in [0, 0.05) is 24.3 Å². The summed E-state index contributed by atoms with van der Waals surface area (Å²) in [6.07, 6.45) is 10.2. The van der Waals surface area contributed by atoms with Crippen molar-refractivity contribution in [1.29, 1.82) is 0 Å². The fourth-order valence-electron chi connectivity index (χ4n) is 3.01. The molecule has 0 saturated carbocycles. The lowest BCUT2D eigenvalue weighted by Gasteiger charge is -2.25. The van der Waals surface area contributed by atoms with E-state index in [0.717, 1.165) is 24.3 Å². The minimum absolute atomic E-state index is 0.0133. The topological polar surface area (TPSA) is 105 Å². The molecule has 0 aliphatic heterocycles. The van der Waals surface area contributed by atoms with Crippen LogP contribution in [0, 0.1) is 5.41 Å². The quantitative estimate of drug-likeness (QED) is 0.436. The van der Waals surface area contributed by atoms with Crippen LogP contribution in [0.25, 0.3) is 0 Å². The van der Waals surface area contributed by atoms with Crippen LogP contribution >= 0.6 is 9.24 Å². The average Bonchev–Trinajstić information content (AvgIpc) is 2.79. The van der Waals surface area contributed by atoms with Crippen LogP contribution in [0.1, 0.15) is 27.2 Å². The molecule has 3 aliphatic carbocycles. The lowest BCUT2D eigenvalue weighted by molar-refractivity contribution is -0.120. The van der Waals surface area contributed by atoms with Crippen LogP contribution in [-0.2, 0) is 38.1 Å². The lowest BCUT2D eigenvalue weighted by atomic mass is 9.82. The van der Waals surface area contributed by atoms with Crippen LogP contribution in [0.5, 0.6) is 0 Å². The summed E-state index contributed by atoms with van der Waals surface area (Å²) in [5, 5.41) is 1.36. The molecule has 3 aliphatic rings. The molecule has 0 fully saturated rings. The Kier molecular flexibility index (Phi) is 10.9. The smallest absolute Gasteiger partial charge is 0.262 e. The summed E-state index contributed by atoms with van der Waals surface area (Å²) in [5.41, 5.74) is 1.88. The van der Waals surface area contributed by atoms with Gasteiger partial charge in [-0.1, -0.05) is 31.6 Å². The van der Waals surface area contributed by atoms with Gasteiger partial charge in [0.15, 0.2) is 34.6 Å². The standard InChI is InChI=1S/C9H15P.2C8H8O4/c1-7-6-9(2,3)5-4-8(7)10;2*1-11-6-3-5(9)4-7(12-2)8(6)10/h4-5H,6,10H2,1-3H3;2*3-4H,1-2H3. The molecule has 0 aromatic heterocycles. The van der Waals surface area contributed by atoms with E-state index in [9.17, 15) is 19.2 Å². The number of carbonyl (C=O) groups excluding carboxylic acids is 4. The fraction of sp³-hybridized carbons (Fsp3) is 0.360. The molecule has 0 N–H and O–H groups in total. The normalized spacial score (nSPS) is 18.8. The number of allylic oxidation sites excluding steroid dienone is 8. The SMILES string of the molecule is CC1=C(P)C=CC(C)(C)C1.COC1=CC(=O)C=C(OC)C1=O.COC1=CC(=O)C=C(OC)C1=O. The number of rotatable bonds is 4. The fourth-order valence-corrected chi connectivity index (χ4v) is 3.21. The molecule has 0 aromatic carbocycles. The first-order valence-electron chi connectivity index (χ1n) is 10.2. The molecule has 1 unspecified atom stereocenters. The van der Waals surface area contributed by atoms with Crippen molar-refractivity contribution in [1.82, 2.24) is 0 Å². The molecule has 0 amide bonds. The van der Waals surface area contributed by atoms with Crippen molar-refractivity contribution in [3.8, 4) is 0 Å². The molecule has 0 saturated heterocycles. The molecule has 1 atom stereocenters. The van der Waals surface area contributed by atoms with Crippen LogP contribution in [0.3, 0.4) is 0 Å². The Morgan fingerprint density at radius 1 is 0.706 bits per heavy atom. The van der Waals surface area contributed by atoms with Gasteiger partial charge in [0.25, 0.3) is 11.6 Å². The predicted octanol–water partition coefficient (Wildman–Crippen LogP) is 3.52. The van der Waals surface area contributed by atoms with Gasteiger partial charge in [0.2, 0.25) is 0 Å². The number of hydrogen-bond acceptors (Lipinski definition) is 8. The Morgan fingerprint density at radius 3 is 1.26 bits per heavy atom. The zero-order valence-electron chi connectivity index (χ0n) is 20.5. The minimum atomic E-state index is -0.403. The van der Waals surface area contributed by atoms with E-state index in [-0.39, 0.29) is 34.6 Å². The Hall–Kier alpha value is -3.25. The van der Waals surface area contributed by atoms with E-state index in [1.807, 2.05) is 0 Å². The second-order valence-corrected chi connectivity index (χ2v) is 8.67. The number of carbonyl (C=O) groups is 4. The molecule has 3 rings (SSSR count). The first-order chi connectivity index (χ1) is 15.9. The monoisotopic (exact) mass is 490 g/mol. The van der Waals surface area contributed by atoms with Gasteiger partial charge in [-0.3, -0.25) is 19.2 Å². The number of hydrogen-bond donors (Lipinski definition) is 0. The van der Waals surface area contributed by atoms with E-state index in [0.29, 0.717) is 5.41 Å². The van der Waals surface area contributed by atoms with Crippen molar-refractivity contribution in [3.05, 3.63) is 70.4 Å². The molecule has 184 valence electrons. The summed E-state index contributed by atoms with van der Waals surface area (Å²) in [6, 6.07) is 0. The zero-order chi connectivity index (χ0) is 26.1. The third kappa shape index (κ3) is 8.27. The highest BCUT2D eigenvalue weighted by molar-refractivity contribution is 7.23. The molecule has 0 aromatic rings. The van der Waals surface area contributed by atoms with Crippen molar-refractivity contribution in [3.63, 3.8) is 0 Å². The molecule has 0 bridgehead atoms. The van der Waals surface area contributed by atoms with E-state index in [2.05, 4.69) is 61.1 Å². The minimum Gasteiger partial charge on any atom is -0.492 e. The average molecular weight is 490 g/mol. The van der Waals surface area contributed by atoms with Crippen molar-refractivity contribution in [2.75, 3.05) is 28.4 Å². The van der Waals surface area contributed by atoms with Gasteiger partial charge in [-0.25, -0.2) is 0 Å². The predicted molar refractivity (Wildman–Crippen MR) is 130 cm³/mol. The molecule has 0 spiro atoms. The summed E-state index contributed by atoms with van der Waals surface area (Å²) >= 11 is 0. The van der Waals surface area contributed by atoms with E-state index in [1.54, 1.807) is 0 Å². The van der Waals surface area contributed by atoms with Crippen LogP contribution in [-0.4, -0.2) is 51.6 Å². The number of ketones is 4. The summed E-state index contributed by atoms with van der Waals surface area (Å²) in [5.74, 6) is -1.36. The zero-order valence-corrected chi connectivity index (χ0v) is 21.7. The maximum absolute atomic E-state index is 11.2. The van der Waals surface area contributed by atoms with E-state index < -0.39 is 11.6 Å². The van der Waals surface area contributed by atoms with Gasteiger partial charge in [-0.2, -0.15) is 0 Å². The Bertz CT molecular complexity index is 923. The summed E-state index contributed by atoms with van der Waals surface area (Å²) in [6.45, 7) is 6.74. The summed E-state index contributed by atoms with van der Waals surface area (Å²) in [7, 11) is 8.08. The third-order valence-corrected chi connectivity index (χ3v) is 5.48. The molecular formula is C25H31O8P. The maximum Gasteiger partial charge on any atom is 0.262 e. The van der Waals surface area contributed by atoms with Crippen molar-refractivity contribution in [2.24, 2.45) is 5.41 Å². The van der Waals surface area contributed by atoms with Gasteiger partial charge >= 0.3 is 0 Å². The second kappa shape index (κ2) is 12.8. The summed E-state index contributed by atoms with van der Waals surface area (Å²) in [4.78, 5) is 44.2. The molecule has 0 radical (unpaired) electrons. The number of Topliss-reactive ketones (excluding diaryl/α,β-unsaturated/α-hetero) is 2. The van der Waals surface area contributed by atoms with E-state index in [1.165, 1.54) is 45.7 Å². The highest BCUT2D eigenvalue weighted by atomic mass is 31.0. The highest BCUT2D eigenvalue weighted by Gasteiger charge is 2.23. The van der Waals surface area contributed by atoms with Gasteiger partial charge < -0.3 is 18.9 Å². The van der Waals surface area contributed by atoms with E-state index in [4.69, 9.17) is 0 Å². The molecule has 9 heteroatoms. The lowest BCUT2D eigenvalue weighted by Crippen LogP contribution is -2.16. The van der Waals surface area contributed by atoms with E-state index >= 15 is 0 Å². The molecular weight excluding hydrogens is 459 g/mol. The first-order valence-corrected chi connectivity index (χ1v) is 10.8. The van der Waals surface area contributed by atoms with Gasteiger partial charge in [-0.15, -0.1) is 9.24 Å². The Balaban J connectivity index is 0.000000256. The summed E-state index contributed by atoms with van der Waals surface area (Å²) < 4.78 is 18.7. The van der Waals surface area contributed by atoms with Gasteiger partial charge in [0.05, 0.1) is 28.4 Å². The van der Waals surface area contributed by atoms with Crippen LogP contribution in [0.15, 0.2) is 70.4 Å². The molecule has 8 nitrogen and oxygen atoms in total. The largest absolute Gasteiger partial charge is 0.492 e. The van der Waals surface area contributed by atoms with Crippen LogP contribution < -0.4 is 0 Å². The number of ether oxygens (including phenoxy) is 4. The van der Waals surface area contributed by atoms with Crippen molar-refractivity contribution in [2.45, 2.75) is 27.2 Å². The Labute approximate surface area is 202 Å². The van der Waals surface area contributed by atoms with Crippen molar-refractivity contribution < 1.29 is 38.1 Å². The maximum atomic E-state index is 11.2. The van der Waals surface area contributed by atoms with Crippen molar-refractivity contribution >= 4 is 32.4 Å². The van der Waals surface area contributed by atoms with Gasteiger partial charge in [-0.05, 0) is 24.1 Å². The number of methoxy groups -OCH3 is 4. The van der Waals surface area contributed by atoms with Gasteiger partial charge in [0.1, 0.15) is 0 Å². The molecule has 34 heavy (non-hydrogen) atoms. The molecule has 0 heterocycles. The van der Waals surface area contributed by atoms with Crippen LogP contribution in [0.2, 0.25) is 0 Å². The third-order valence-electron chi connectivity index (χ3n) is 4.80. The first kappa shape index (κ1) is 28.8. The highest BCUT2D eigenvalue weighted by Crippen LogP contribution is 2.34. The Morgan fingerprint density at radius 2 is 1.03 bits per heavy atom. The second-order valence-electron chi connectivity index (χ2n) is 8.05. The van der Waals surface area contributed by atoms with Crippen LogP contribution in [0.4, 0.5) is 0 Å².